The van der Waals surface area contributed by atoms with Crippen molar-refractivity contribution >= 4 is 11.9 Å². The van der Waals surface area contributed by atoms with Crippen molar-refractivity contribution in [3.05, 3.63) is 0 Å². The van der Waals surface area contributed by atoms with Crippen molar-refractivity contribution < 1.29 is 19.0 Å². The first-order valence-corrected chi connectivity index (χ1v) is 10.7. The molecule has 2 heterocycles. The van der Waals surface area contributed by atoms with Gasteiger partial charge in [0.05, 0.1) is 13.2 Å². The smallest absolute Gasteiger partial charge is 0.243 e. The Hall–Kier alpha value is -1.38. The number of carbonyl (C=O) groups excluding carboxylic acids is 1. The highest BCUT2D eigenvalue weighted by molar-refractivity contribution is 5.84. The standard InChI is InChI=1S/C20H36N4O4/c1-24(2)18(25)13-23-19(21-11-16-7-10-26-14-16)22-12-17-15-27-20(28-17)8-5-3-4-6-9-20/h16-17H,3-15H2,1-2H3,(H2,21,22,23). The topological polar surface area (TPSA) is 84.4 Å². The van der Waals surface area contributed by atoms with Crippen LogP contribution in [0, 0.1) is 5.92 Å². The van der Waals surface area contributed by atoms with Crippen LogP contribution < -0.4 is 10.6 Å². The zero-order chi connectivity index (χ0) is 19.8. The van der Waals surface area contributed by atoms with Crippen molar-refractivity contribution in [1.29, 1.82) is 0 Å². The van der Waals surface area contributed by atoms with Crippen LogP contribution in [0.15, 0.2) is 4.99 Å². The van der Waals surface area contributed by atoms with Crippen LogP contribution in [0.25, 0.3) is 0 Å². The van der Waals surface area contributed by atoms with Crippen molar-refractivity contribution in [3.63, 3.8) is 0 Å². The van der Waals surface area contributed by atoms with Crippen LogP contribution in [0.4, 0.5) is 0 Å². The summed E-state index contributed by atoms with van der Waals surface area (Å²) in [6.45, 7) is 3.72. The first-order valence-electron chi connectivity index (χ1n) is 10.7. The first kappa shape index (κ1) is 21.3. The third-order valence-electron chi connectivity index (χ3n) is 5.73. The second kappa shape index (κ2) is 10.4. The van der Waals surface area contributed by atoms with E-state index in [0.29, 0.717) is 25.0 Å². The molecule has 8 nitrogen and oxygen atoms in total. The quantitative estimate of drug-likeness (QED) is 0.517. The largest absolute Gasteiger partial charge is 0.381 e. The Morgan fingerprint density at radius 2 is 1.86 bits per heavy atom. The van der Waals surface area contributed by atoms with Gasteiger partial charge in [-0.05, 0) is 19.3 Å². The number of rotatable bonds is 6. The molecule has 3 fully saturated rings. The molecule has 0 aromatic rings. The van der Waals surface area contributed by atoms with Crippen molar-refractivity contribution in [2.75, 3.05) is 53.6 Å². The lowest BCUT2D eigenvalue weighted by Gasteiger charge is -2.26. The van der Waals surface area contributed by atoms with Crippen LogP contribution in [0.2, 0.25) is 0 Å². The van der Waals surface area contributed by atoms with Gasteiger partial charge < -0.3 is 29.7 Å². The molecule has 160 valence electrons. The number of likely N-dealkylation sites (N-methyl/N-ethyl adjacent to an activating group) is 1. The van der Waals surface area contributed by atoms with E-state index >= 15 is 0 Å². The van der Waals surface area contributed by atoms with E-state index in [0.717, 1.165) is 39.0 Å². The Labute approximate surface area is 168 Å². The van der Waals surface area contributed by atoms with Gasteiger partial charge in [0.1, 0.15) is 12.6 Å². The number of hydrogen-bond acceptors (Lipinski definition) is 5. The minimum Gasteiger partial charge on any atom is -0.381 e. The minimum absolute atomic E-state index is 0.00413. The molecule has 0 bridgehead atoms. The fourth-order valence-electron chi connectivity index (χ4n) is 3.90. The molecule has 0 aromatic carbocycles. The molecule has 2 saturated heterocycles. The minimum atomic E-state index is -0.379. The summed E-state index contributed by atoms with van der Waals surface area (Å²) in [5.41, 5.74) is 0. The lowest BCUT2D eigenvalue weighted by molar-refractivity contribution is -0.175. The van der Waals surface area contributed by atoms with Gasteiger partial charge in [-0.15, -0.1) is 0 Å². The summed E-state index contributed by atoms with van der Waals surface area (Å²) in [5.74, 6) is 0.725. The second-order valence-electron chi connectivity index (χ2n) is 8.32. The van der Waals surface area contributed by atoms with Crippen molar-refractivity contribution in [2.45, 2.75) is 56.8 Å². The third kappa shape index (κ3) is 6.32. The van der Waals surface area contributed by atoms with Gasteiger partial charge >= 0.3 is 0 Å². The number of ether oxygens (including phenoxy) is 3. The Morgan fingerprint density at radius 1 is 1.11 bits per heavy atom. The lowest BCUT2D eigenvalue weighted by Crippen LogP contribution is -2.44. The molecule has 28 heavy (non-hydrogen) atoms. The van der Waals surface area contributed by atoms with Gasteiger partial charge in [0.2, 0.25) is 5.91 Å². The van der Waals surface area contributed by atoms with E-state index in [2.05, 4.69) is 15.6 Å². The normalized spacial score (nSPS) is 27.6. The number of carbonyl (C=O) groups is 1. The van der Waals surface area contributed by atoms with Gasteiger partial charge in [-0.25, -0.2) is 4.99 Å². The average Bonchev–Trinajstić information content (AvgIpc) is 3.28. The maximum atomic E-state index is 11.9. The Balaban J connectivity index is 1.49. The summed E-state index contributed by atoms with van der Waals surface area (Å²) in [6, 6.07) is 0. The van der Waals surface area contributed by atoms with Crippen molar-refractivity contribution in [2.24, 2.45) is 10.9 Å². The highest BCUT2D eigenvalue weighted by Gasteiger charge is 2.41. The van der Waals surface area contributed by atoms with Gasteiger partial charge in [0.15, 0.2) is 11.7 Å². The molecular formula is C20H36N4O4. The van der Waals surface area contributed by atoms with Crippen molar-refractivity contribution in [3.8, 4) is 0 Å². The molecule has 2 atom stereocenters. The zero-order valence-corrected chi connectivity index (χ0v) is 17.4. The fraction of sp³-hybridized carbons (Fsp3) is 0.900. The van der Waals surface area contributed by atoms with Crippen LogP contribution in [0.3, 0.4) is 0 Å². The zero-order valence-electron chi connectivity index (χ0n) is 17.4. The average molecular weight is 397 g/mol. The summed E-state index contributed by atoms with van der Waals surface area (Å²) >= 11 is 0. The maximum absolute atomic E-state index is 11.9. The summed E-state index contributed by atoms with van der Waals surface area (Å²) in [5, 5.41) is 6.69. The number of guanidine groups is 1. The van der Waals surface area contributed by atoms with Gasteiger partial charge in [0.25, 0.3) is 0 Å². The summed E-state index contributed by atoms with van der Waals surface area (Å²) in [4.78, 5) is 17.9. The van der Waals surface area contributed by atoms with E-state index in [1.807, 2.05) is 0 Å². The molecule has 1 amide bonds. The molecule has 3 aliphatic rings. The van der Waals surface area contributed by atoms with Gasteiger partial charge in [-0.1, -0.05) is 12.8 Å². The van der Waals surface area contributed by atoms with Gasteiger partial charge in [-0.2, -0.15) is 0 Å². The van der Waals surface area contributed by atoms with Gasteiger partial charge in [-0.3, -0.25) is 4.79 Å². The number of hydrogen-bond donors (Lipinski definition) is 2. The molecule has 0 aromatic heterocycles. The van der Waals surface area contributed by atoms with E-state index in [1.54, 1.807) is 19.0 Å². The highest BCUT2D eigenvalue weighted by Crippen LogP contribution is 2.36. The summed E-state index contributed by atoms with van der Waals surface area (Å²) in [7, 11) is 3.48. The van der Waals surface area contributed by atoms with E-state index in [4.69, 9.17) is 14.2 Å². The van der Waals surface area contributed by atoms with Crippen molar-refractivity contribution in [1.82, 2.24) is 15.5 Å². The number of aliphatic imine (C=N–C) groups is 1. The molecule has 2 unspecified atom stereocenters. The van der Waals surface area contributed by atoms with E-state index in [-0.39, 0.29) is 24.3 Å². The second-order valence-corrected chi connectivity index (χ2v) is 8.32. The van der Waals surface area contributed by atoms with Crippen LogP contribution in [-0.2, 0) is 19.0 Å². The lowest BCUT2D eigenvalue weighted by atomic mass is 10.1. The predicted octanol–water partition coefficient (Wildman–Crippen LogP) is 1.11. The monoisotopic (exact) mass is 396 g/mol. The Kier molecular flexibility index (Phi) is 7.93. The van der Waals surface area contributed by atoms with Gasteiger partial charge in [0, 0.05) is 52.6 Å². The fourth-order valence-corrected chi connectivity index (χ4v) is 3.90. The Bertz CT molecular complexity index is 526. The highest BCUT2D eigenvalue weighted by atomic mass is 16.7. The number of nitrogens with zero attached hydrogens (tertiary/aromatic N) is 2. The molecule has 2 N–H and O–H groups in total. The molecule has 2 aliphatic heterocycles. The summed E-state index contributed by atoms with van der Waals surface area (Å²) in [6.07, 6.45) is 7.91. The van der Waals surface area contributed by atoms with E-state index in [9.17, 15) is 4.79 Å². The molecule has 3 rings (SSSR count). The molecule has 0 radical (unpaired) electrons. The Morgan fingerprint density at radius 3 is 2.54 bits per heavy atom. The number of amides is 1. The predicted molar refractivity (Wildman–Crippen MR) is 107 cm³/mol. The van der Waals surface area contributed by atoms with Crippen LogP contribution >= 0.6 is 0 Å². The molecule has 1 spiro atoms. The molecule has 1 saturated carbocycles. The van der Waals surface area contributed by atoms with Crippen LogP contribution in [0.5, 0.6) is 0 Å². The van der Waals surface area contributed by atoms with Crippen LogP contribution in [-0.4, -0.2) is 82.2 Å². The SMILES string of the molecule is CN(C)C(=O)CN=C(NCC1CCOC1)NCC1COC2(CCCCCC2)O1. The first-order chi connectivity index (χ1) is 13.6. The third-order valence-corrected chi connectivity index (χ3v) is 5.73. The molecule has 8 heteroatoms. The van der Waals surface area contributed by atoms with E-state index in [1.165, 1.54) is 25.7 Å². The summed E-state index contributed by atoms with van der Waals surface area (Å²) < 4.78 is 17.8. The molecular weight excluding hydrogens is 360 g/mol. The number of nitrogens with one attached hydrogen (secondary N) is 2. The maximum Gasteiger partial charge on any atom is 0.243 e. The molecule has 1 aliphatic carbocycles. The van der Waals surface area contributed by atoms with Crippen LogP contribution in [0.1, 0.15) is 44.9 Å². The van der Waals surface area contributed by atoms with E-state index < -0.39 is 0 Å².